The lowest BCUT2D eigenvalue weighted by atomic mass is 10.2. The molecule has 108 valence electrons. The molecule has 0 unspecified atom stereocenters. The molecule has 1 rings (SSSR count). The zero-order valence-corrected chi connectivity index (χ0v) is 11.5. The third-order valence-electron chi connectivity index (χ3n) is 2.67. The van der Waals surface area contributed by atoms with Gasteiger partial charge < -0.3 is 20.4 Å². The number of carbonyl (C=O) groups excluding carboxylic acids is 1. The molecular weight excluding hydrogens is 266 g/mol. The van der Waals surface area contributed by atoms with Crippen LogP contribution in [0.3, 0.4) is 0 Å². The molecule has 1 aromatic heterocycles. The topological polar surface area (TPSA) is 124 Å². The van der Waals surface area contributed by atoms with Crippen molar-refractivity contribution in [1.82, 2.24) is 9.55 Å². The van der Waals surface area contributed by atoms with E-state index in [-0.39, 0.29) is 18.0 Å². The Bertz CT molecular complexity index is 586. The van der Waals surface area contributed by atoms with Crippen LogP contribution in [0.25, 0.3) is 5.53 Å². The summed E-state index contributed by atoms with van der Waals surface area (Å²) in [5.74, 6) is -0.974. The molecule has 0 spiro atoms. The summed E-state index contributed by atoms with van der Waals surface area (Å²) < 4.78 is 6.40. The summed E-state index contributed by atoms with van der Waals surface area (Å²) in [6.45, 7) is 5.43. The fraction of sp³-hybridized carbons (Fsp3) is 0.545. The number of Topliss-reactive ketones (excluding diaryl/α,β-unsaturated/α-hetero) is 1. The van der Waals surface area contributed by atoms with E-state index in [9.17, 15) is 14.9 Å². The summed E-state index contributed by atoms with van der Waals surface area (Å²) in [5, 5.41) is 11.0. The fourth-order valence-corrected chi connectivity index (χ4v) is 1.76. The molecule has 0 aliphatic carbocycles. The van der Waals surface area contributed by atoms with E-state index in [2.05, 4.69) is 9.77 Å². The van der Waals surface area contributed by atoms with Gasteiger partial charge in [-0.2, -0.15) is 4.79 Å². The van der Waals surface area contributed by atoms with Crippen LogP contribution in [0.5, 0.6) is 0 Å². The molecule has 0 saturated heterocycles. The smallest absolute Gasteiger partial charge is 0.369 e. The van der Waals surface area contributed by atoms with Gasteiger partial charge in [-0.15, -0.1) is 0 Å². The summed E-state index contributed by atoms with van der Waals surface area (Å²) in [6, 6.07) is 0. The molecule has 0 fully saturated rings. The maximum absolute atomic E-state index is 12.3. The molecule has 0 amide bonds. The molecule has 0 radical (unpaired) electrons. The van der Waals surface area contributed by atoms with Crippen molar-refractivity contribution < 1.29 is 19.2 Å². The number of carbonyl (C=O) groups is 1. The number of aromatic nitrogens is 2. The number of ketones is 1. The van der Waals surface area contributed by atoms with Gasteiger partial charge in [0.15, 0.2) is 12.3 Å². The molecule has 9 nitrogen and oxygen atoms in total. The lowest BCUT2D eigenvalue weighted by Gasteiger charge is -2.02. The average molecular weight is 281 g/mol. The molecule has 0 aromatic carbocycles. The minimum atomic E-state index is -0.768. The maximum atomic E-state index is 12.3. The Morgan fingerprint density at radius 3 is 2.65 bits per heavy atom. The van der Waals surface area contributed by atoms with Gasteiger partial charge in [0.05, 0.1) is 0 Å². The van der Waals surface area contributed by atoms with Gasteiger partial charge in [-0.1, -0.05) is 0 Å². The van der Waals surface area contributed by atoms with Crippen LogP contribution in [-0.2, 0) is 11.3 Å². The predicted molar refractivity (Wildman–Crippen MR) is 68.7 cm³/mol. The number of rotatable bonds is 7. The number of imidazole rings is 1. The van der Waals surface area contributed by atoms with Crippen LogP contribution in [0, 0.1) is 17.0 Å². The lowest BCUT2D eigenvalue weighted by molar-refractivity contribution is -0.389. The van der Waals surface area contributed by atoms with Crippen LogP contribution in [0.2, 0.25) is 0 Å². The summed E-state index contributed by atoms with van der Waals surface area (Å²) >= 11 is 0. The number of nitro groups is 1. The molecule has 0 N–H and O–H groups in total. The van der Waals surface area contributed by atoms with Crippen LogP contribution in [0.15, 0.2) is 0 Å². The van der Waals surface area contributed by atoms with E-state index in [1.54, 1.807) is 20.8 Å². The normalized spacial score (nSPS) is 10.2. The Balaban J connectivity index is 3.33. The van der Waals surface area contributed by atoms with E-state index in [0.717, 1.165) is 0 Å². The second-order valence-electron chi connectivity index (χ2n) is 3.85. The van der Waals surface area contributed by atoms with Crippen LogP contribution in [-0.4, -0.2) is 44.0 Å². The molecule has 20 heavy (non-hydrogen) atoms. The van der Waals surface area contributed by atoms with E-state index in [4.69, 9.17) is 10.3 Å². The monoisotopic (exact) mass is 281 g/mol. The van der Waals surface area contributed by atoms with Crippen LogP contribution in [0.1, 0.15) is 30.2 Å². The molecular formula is C11H15N5O4. The van der Waals surface area contributed by atoms with Gasteiger partial charge in [0, 0.05) is 20.1 Å². The van der Waals surface area contributed by atoms with Crippen LogP contribution < -0.4 is 0 Å². The maximum Gasteiger partial charge on any atom is 0.393 e. The lowest BCUT2D eigenvalue weighted by Crippen LogP contribution is -2.25. The molecule has 0 atom stereocenters. The highest BCUT2D eigenvalue weighted by molar-refractivity contribution is 6.44. The Morgan fingerprint density at radius 1 is 1.55 bits per heavy atom. The third kappa shape index (κ3) is 2.95. The minimum Gasteiger partial charge on any atom is -0.369 e. The van der Waals surface area contributed by atoms with Crippen molar-refractivity contribution in [3.05, 3.63) is 27.2 Å². The number of hydrogen-bond donors (Lipinski definition) is 0. The average Bonchev–Trinajstić information content (AvgIpc) is 2.76. The van der Waals surface area contributed by atoms with Crippen LogP contribution in [0.4, 0.5) is 5.82 Å². The highest BCUT2D eigenvalue weighted by Crippen LogP contribution is 2.20. The Kier molecular flexibility index (Phi) is 5.24. The molecule has 9 heteroatoms. The molecule has 1 aromatic rings. The Labute approximate surface area is 115 Å². The van der Waals surface area contributed by atoms with Gasteiger partial charge in [0.25, 0.3) is 5.78 Å². The van der Waals surface area contributed by atoms with Crippen molar-refractivity contribution >= 4 is 17.3 Å². The highest BCUT2D eigenvalue weighted by atomic mass is 16.6. The minimum absolute atomic E-state index is 0.206. The van der Waals surface area contributed by atoms with Crippen molar-refractivity contribution in [3.63, 3.8) is 0 Å². The largest absolute Gasteiger partial charge is 0.393 e. The molecule has 0 aliphatic rings. The van der Waals surface area contributed by atoms with Crippen molar-refractivity contribution in [3.8, 4) is 0 Å². The van der Waals surface area contributed by atoms with E-state index < -0.39 is 16.5 Å². The van der Waals surface area contributed by atoms with E-state index in [1.807, 2.05) is 0 Å². The quantitative estimate of drug-likeness (QED) is 0.184. The van der Waals surface area contributed by atoms with Gasteiger partial charge in [-0.3, -0.25) is 9.36 Å². The first kappa shape index (κ1) is 15.7. The molecule has 1 heterocycles. The Morgan fingerprint density at radius 2 is 2.20 bits per heavy atom. The summed E-state index contributed by atoms with van der Waals surface area (Å²) in [6.07, 6.45) is 0. The first-order valence-corrected chi connectivity index (χ1v) is 6.02. The van der Waals surface area contributed by atoms with Crippen LogP contribution >= 0.6 is 0 Å². The van der Waals surface area contributed by atoms with Crippen molar-refractivity contribution in [1.29, 1.82) is 0 Å². The molecule has 0 bridgehead atoms. The number of ether oxygens (including phenoxy) is 1. The summed E-state index contributed by atoms with van der Waals surface area (Å²) in [5.41, 5.74) is 8.36. The molecule has 0 aliphatic heterocycles. The zero-order chi connectivity index (χ0) is 15.3. The van der Waals surface area contributed by atoms with Gasteiger partial charge in [0.2, 0.25) is 5.82 Å². The SMILES string of the molecule is CCOCC(=[N+]=[N-])C(=O)c1c([N+](=O)[O-])nc(C)n1CC. The van der Waals surface area contributed by atoms with Gasteiger partial charge in [-0.05, 0) is 23.8 Å². The predicted octanol–water partition coefficient (Wildman–Crippen LogP) is 1.01. The van der Waals surface area contributed by atoms with Crippen molar-refractivity contribution in [2.24, 2.45) is 0 Å². The number of aryl methyl sites for hydroxylation is 1. The van der Waals surface area contributed by atoms with Crippen molar-refractivity contribution in [2.45, 2.75) is 27.3 Å². The fourth-order valence-electron chi connectivity index (χ4n) is 1.76. The summed E-state index contributed by atoms with van der Waals surface area (Å²) in [7, 11) is 0. The van der Waals surface area contributed by atoms with E-state index in [0.29, 0.717) is 19.0 Å². The zero-order valence-electron chi connectivity index (χ0n) is 11.5. The highest BCUT2D eigenvalue weighted by Gasteiger charge is 2.36. The number of hydrogen-bond acceptors (Lipinski definition) is 5. The van der Waals surface area contributed by atoms with Gasteiger partial charge >= 0.3 is 11.5 Å². The first-order valence-electron chi connectivity index (χ1n) is 6.02. The second kappa shape index (κ2) is 6.69. The Hall–Kier alpha value is -2.38. The first-order chi connectivity index (χ1) is 9.47. The summed E-state index contributed by atoms with van der Waals surface area (Å²) in [4.78, 5) is 29.1. The number of nitrogens with zero attached hydrogens (tertiary/aromatic N) is 5. The third-order valence-corrected chi connectivity index (χ3v) is 2.67. The van der Waals surface area contributed by atoms with E-state index >= 15 is 0 Å². The van der Waals surface area contributed by atoms with Crippen molar-refractivity contribution in [2.75, 3.05) is 13.2 Å². The molecule has 0 saturated carbocycles. The van der Waals surface area contributed by atoms with Gasteiger partial charge in [-0.25, -0.2) is 0 Å². The second-order valence-corrected chi connectivity index (χ2v) is 3.85. The van der Waals surface area contributed by atoms with E-state index in [1.165, 1.54) is 4.57 Å². The standard InChI is InChI=1S/C11H15N5O4/c1-4-15-7(3)13-11(16(18)19)9(15)10(17)8(14-12)6-20-5-2/h4-6H2,1-3H3. The van der Waals surface area contributed by atoms with Gasteiger partial charge in [0.1, 0.15) is 0 Å².